The molecule has 124 valence electrons. The van der Waals surface area contributed by atoms with Gasteiger partial charge < -0.3 is 15.2 Å². The van der Waals surface area contributed by atoms with Gasteiger partial charge in [0.2, 0.25) is 5.91 Å². The van der Waals surface area contributed by atoms with Gasteiger partial charge in [0.25, 0.3) is 0 Å². The second-order valence-corrected chi connectivity index (χ2v) is 6.85. The van der Waals surface area contributed by atoms with E-state index in [1.807, 2.05) is 18.2 Å². The van der Waals surface area contributed by atoms with Gasteiger partial charge in [0.1, 0.15) is 0 Å². The number of hydrogen-bond donors (Lipinski definition) is 2. The van der Waals surface area contributed by atoms with E-state index in [4.69, 9.17) is 16.3 Å². The Bertz CT molecular complexity index is 621. The van der Waals surface area contributed by atoms with Crippen molar-refractivity contribution in [2.24, 2.45) is 5.41 Å². The fourth-order valence-corrected chi connectivity index (χ4v) is 3.54. The maximum absolute atomic E-state index is 13.0. The summed E-state index contributed by atoms with van der Waals surface area (Å²) >= 11 is 6.33. The summed E-state index contributed by atoms with van der Waals surface area (Å²) in [5.74, 6) is -0.988. The highest BCUT2D eigenvalue weighted by atomic mass is 35.5. The molecular weight excluding hydrogens is 318 g/mol. The number of benzene rings is 1. The first-order chi connectivity index (χ1) is 11.0. The third-order valence-electron chi connectivity index (χ3n) is 5.06. The maximum atomic E-state index is 13.0. The minimum absolute atomic E-state index is 0.151. The molecule has 1 saturated carbocycles. The standard InChI is InChI=1S/C17H20ClNO4/c18-13-4-2-1-3-12(13)17(7-9-23-10-8-17)14(20)19-11-16(5-6-16)15(21)22/h1-4H,5-11H2,(H,19,20)(H,21,22). The van der Waals surface area contributed by atoms with E-state index < -0.39 is 16.8 Å². The highest BCUT2D eigenvalue weighted by Gasteiger charge is 2.51. The van der Waals surface area contributed by atoms with Gasteiger partial charge in [-0.15, -0.1) is 0 Å². The van der Waals surface area contributed by atoms with Crippen molar-refractivity contribution in [2.45, 2.75) is 31.1 Å². The van der Waals surface area contributed by atoms with Crippen LogP contribution in [0, 0.1) is 5.41 Å². The Hall–Kier alpha value is -1.59. The highest BCUT2D eigenvalue weighted by Crippen LogP contribution is 2.46. The second kappa shape index (κ2) is 6.13. The first-order valence-corrected chi connectivity index (χ1v) is 8.22. The Balaban J connectivity index is 1.83. The number of ether oxygens (including phenoxy) is 1. The van der Waals surface area contributed by atoms with Crippen molar-refractivity contribution in [1.82, 2.24) is 5.32 Å². The lowest BCUT2D eigenvalue weighted by Crippen LogP contribution is -2.50. The summed E-state index contributed by atoms with van der Waals surface area (Å²) in [6.45, 7) is 1.15. The number of rotatable bonds is 5. The minimum atomic E-state index is -0.837. The summed E-state index contributed by atoms with van der Waals surface area (Å²) in [7, 11) is 0. The number of nitrogens with one attached hydrogen (secondary N) is 1. The van der Waals surface area contributed by atoms with E-state index in [1.165, 1.54) is 0 Å². The van der Waals surface area contributed by atoms with Crippen LogP contribution < -0.4 is 5.32 Å². The Morgan fingerprint density at radius 2 is 1.83 bits per heavy atom. The molecule has 0 bridgehead atoms. The molecule has 5 nitrogen and oxygen atoms in total. The summed E-state index contributed by atoms with van der Waals surface area (Å²) in [5, 5.41) is 12.7. The highest BCUT2D eigenvalue weighted by molar-refractivity contribution is 6.31. The molecule has 6 heteroatoms. The number of carboxylic acids is 1. The molecule has 0 atom stereocenters. The molecule has 2 N–H and O–H groups in total. The quantitative estimate of drug-likeness (QED) is 0.865. The van der Waals surface area contributed by atoms with E-state index in [1.54, 1.807) is 6.07 Å². The molecule has 0 spiro atoms. The first kappa shape index (κ1) is 16.3. The molecule has 1 aliphatic carbocycles. The van der Waals surface area contributed by atoms with Crippen LogP contribution in [-0.4, -0.2) is 36.7 Å². The molecule has 1 saturated heterocycles. The smallest absolute Gasteiger partial charge is 0.311 e. The first-order valence-electron chi connectivity index (χ1n) is 7.85. The van der Waals surface area contributed by atoms with E-state index in [-0.39, 0.29) is 12.5 Å². The van der Waals surface area contributed by atoms with Crippen molar-refractivity contribution in [3.8, 4) is 0 Å². The van der Waals surface area contributed by atoms with Gasteiger partial charge in [-0.3, -0.25) is 9.59 Å². The molecule has 1 aromatic carbocycles. The van der Waals surface area contributed by atoms with Crippen LogP contribution in [0.15, 0.2) is 24.3 Å². The van der Waals surface area contributed by atoms with E-state index in [0.717, 1.165) is 5.56 Å². The van der Waals surface area contributed by atoms with Crippen LogP contribution in [0.4, 0.5) is 0 Å². The zero-order valence-electron chi connectivity index (χ0n) is 12.8. The number of amides is 1. The molecule has 0 unspecified atom stereocenters. The van der Waals surface area contributed by atoms with Crippen molar-refractivity contribution in [3.05, 3.63) is 34.9 Å². The van der Waals surface area contributed by atoms with Gasteiger partial charge in [-0.1, -0.05) is 29.8 Å². The molecule has 3 rings (SSSR count). The fourth-order valence-electron chi connectivity index (χ4n) is 3.22. The van der Waals surface area contributed by atoms with Crippen LogP contribution in [0.25, 0.3) is 0 Å². The van der Waals surface area contributed by atoms with Gasteiger partial charge in [0, 0.05) is 24.8 Å². The predicted molar refractivity (Wildman–Crippen MR) is 85.5 cm³/mol. The number of aliphatic carboxylic acids is 1. The summed E-state index contributed by atoms with van der Waals surface area (Å²) < 4.78 is 5.42. The Morgan fingerprint density at radius 1 is 1.17 bits per heavy atom. The predicted octanol–water partition coefficient (Wildman–Crippen LogP) is 2.37. The number of carbonyl (C=O) groups excluding carboxylic acids is 1. The summed E-state index contributed by atoms with van der Waals surface area (Å²) in [6.07, 6.45) is 2.32. The lowest BCUT2D eigenvalue weighted by molar-refractivity contribution is -0.143. The summed E-state index contributed by atoms with van der Waals surface area (Å²) in [6, 6.07) is 7.35. The maximum Gasteiger partial charge on any atom is 0.311 e. The van der Waals surface area contributed by atoms with Crippen molar-refractivity contribution in [3.63, 3.8) is 0 Å². The Labute approximate surface area is 140 Å². The normalized spacial score (nSPS) is 21.4. The van der Waals surface area contributed by atoms with Gasteiger partial charge >= 0.3 is 5.97 Å². The number of halogens is 1. The number of hydrogen-bond acceptors (Lipinski definition) is 3. The SMILES string of the molecule is O=C(O)C1(CNC(=O)C2(c3ccccc3Cl)CCOCC2)CC1. The van der Waals surface area contributed by atoms with Gasteiger partial charge in [0.05, 0.1) is 10.8 Å². The molecule has 0 radical (unpaired) electrons. The molecule has 1 aromatic rings. The van der Waals surface area contributed by atoms with E-state index in [0.29, 0.717) is 43.9 Å². The summed E-state index contributed by atoms with van der Waals surface area (Å²) in [4.78, 5) is 24.2. The lowest BCUT2D eigenvalue weighted by Gasteiger charge is -2.37. The van der Waals surface area contributed by atoms with E-state index in [9.17, 15) is 14.7 Å². The Kier molecular flexibility index (Phi) is 4.34. The molecule has 2 fully saturated rings. The van der Waals surface area contributed by atoms with Gasteiger partial charge in [-0.2, -0.15) is 0 Å². The topological polar surface area (TPSA) is 75.6 Å². The average molecular weight is 338 g/mol. The van der Waals surface area contributed by atoms with Crippen LogP contribution >= 0.6 is 11.6 Å². The van der Waals surface area contributed by atoms with Crippen LogP contribution in [0.2, 0.25) is 5.02 Å². The molecule has 2 aliphatic rings. The van der Waals surface area contributed by atoms with Crippen LogP contribution in [0.5, 0.6) is 0 Å². The van der Waals surface area contributed by atoms with Crippen molar-refractivity contribution >= 4 is 23.5 Å². The summed E-state index contributed by atoms with van der Waals surface area (Å²) in [5.41, 5.74) is -0.726. The zero-order chi connectivity index (χ0) is 16.5. The van der Waals surface area contributed by atoms with E-state index in [2.05, 4.69) is 5.32 Å². The second-order valence-electron chi connectivity index (χ2n) is 6.44. The lowest BCUT2D eigenvalue weighted by atomic mass is 9.73. The molecule has 1 aliphatic heterocycles. The molecular formula is C17H20ClNO4. The van der Waals surface area contributed by atoms with Crippen molar-refractivity contribution < 1.29 is 19.4 Å². The van der Waals surface area contributed by atoms with Gasteiger partial charge in [-0.25, -0.2) is 0 Å². The molecule has 1 heterocycles. The largest absolute Gasteiger partial charge is 0.481 e. The molecule has 0 aromatic heterocycles. The minimum Gasteiger partial charge on any atom is -0.481 e. The van der Waals surface area contributed by atoms with Crippen molar-refractivity contribution in [1.29, 1.82) is 0 Å². The number of carboxylic acid groups (broad SMARTS) is 1. The van der Waals surface area contributed by atoms with Crippen LogP contribution in [-0.2, 0) is 19.7 Å². The van der Waals surface area contributed by atoms with Crippen LogP contribution in [0.3, 0.4) is 0 Å². The zero-order valence-corrected chi connectivity index (χ0v) is 13.6. The van der Waals surface area contributed by atoms with Crippen LogP contribution in [0.1, 0.15) is 31.2 Å². The third-order valence-corrected chi connectivity index (χ3v) is 5.39. The van der Waals surface area contributed by atoms with Crippen molar-refractivity contribution in [2.75, 3.05) is 19.8 Å². The van der Waals surface area contributed by atoms with E-state index >= 15 is 0 Å². The molecule has 23 heavy (non-hydrogen) atoms. The monoisotopic (exact) mass is 337 g/mol. The van der Waals surface area contributed by atoms with Gasteiger partial charge in [0.15, 0.2) is 0 Å². The molecule has 1 amide bonds. The Morgan fingerprint density at radius 3 is 2.39 bits per heavy atom. The fraction of sp³-hybridized carbons (Fsp3) is 0.529. The average Bonchev–Trinajstić information content (AvgIpc) is 3.35. The third kappa shape index (κ3) is 2.95. The van der Waals surface area contributed by atoms with Gasteiger partial charge in [-0.05, 0) is 37.3 Å². The number of carbonyl (C=O) groups is 2.